The number of aromatic nitrogens is 4. The van der Waals surface area contributed by atoms with Crippen LogP contribution in [0.5, 0.6) is 0 Å². The Labute approximate surface area is 142 Å². The van der Waals surface area contributed by atoms with Crippen molar-refractivity contribution >= 4 is 35.0 Å². The number of hydrogen-bond acceptors (Lipinski definition) is 6. The van der Waals surface area contributed by atoms with E-state index in [0.29, 0.717) is 41.1 Å². The Morgan fingerprint density at radius 1 is 1.04 bits per heavy atom. The van der Waals surface area contributed by atoms with Crippen molar-refractivity contribution < 1.29 is 9.59 Å². The van der Waals surface area contributed by atoms with Gasteiger partial charge in [0, 0.05) is 12.7 Å². The summed E-state index contributed by atoms with van der Waals surface area (Å²) in [4.78, 5) is 38.0. The highest BCUT2D eigenvalue weighted by Crippen LogP contribution is 2.22. The number of benzene rings is 1. The number of amides is 2. The van der Waals surface area contributed by atoms with Crippen LogP contribution in [-0.4, -0.2) is 42.8 Å². The second kappa shape index (κ2) is 5.82. The van der Waals surface area contributed by atoms with E-state index in [-0.39, 0.29) is 11.8 Å². The highest BCUT2D eigenvalue weighted by atomic mass is 16.2. The van der Waals surface area contributed by atoms with E-state index in [1.54, 1.807) is 41.4 Å². The molecule has 1 aromatic carbocycles. The Morgan fingerprint density at radius 2 is 1.76 bits per heavy atom. The summed E-state index contributed by atoms with van der Waals surface area (Å²) >= 11 is 0. The number of carbonyl (C=O) groups is 2. The predicted octanol–water partition coefficient (Wildman–Crippen LogP) is 1.57. The second-order valence-corrected chi connectivity index (χ2v) is 5.56. The second-order valence-electron chi connectivity index (χ2n) is 5.56. The molecule has 124 valence electrons. The maximum atomic E-state index is 12.3. The molecular formula is C17H14N6O2. The van der Waals surface area contributed by atoms with Crippen LogP contribution >= 0.6 is 0 Å². The van der Waals surface area contributed by atoms with Crippen LogP contribution in [-0.2, 0) is 0 Å². The molecule has 2 aromatic heterocycles. The Bertz CT molecular complexity index is 988. The quantitative estimate of drug-likeness (QED) is 0.726. The number of imide groups is 1. The molecular weight excluding hydrogens is 320 g/mol. The molecule has 4 rings (SSSR count). The lowest BCUT2D eigenvalue weighted by molar-refractivity contribution is 0.0657. The van der Waals surface area contributed by atoms with Gasteiger partial charge in [-0.15, -0.1) is 0 Å². The molecule has 0 aliphatic carbocycles. The Morgan fingerprint density at radius 3 is 2.48 bits per heavy atom. The van der Waals surface area contributed by atoms with Crippen molar-refractivity contribution in [3.63, 3.8) is 0 Å². The standard InChI is InChI=1S/C17H14N6O2/c18-14-13-15(20-9-19-14)22(10-21-13)7-3-4-8-23-16(24)11-5-1-2-6-12(11)17(23)25/h1-3,5-7,9-10H,4,8H2,(H2,18,19,20). The summed E-state index contributed by atoms with van der Waals surface area (Å²) in [5.74, 6) is -0.173. The van der Waals surface area contributed by atoms with Gasteiger partial charge in [0.2, 0.25) is 0 Å². The summed E-state index contributed by atoms with van der Waals surface area (Å²) < 4.78 is 1.72. The first-order valence-electron chi connectivity index (χ1n) is 7.71. The lowest BCUT2D eigenvalue weighted by Crippen LogP contribution is -2.30. The third-order valence-corrected chi connectivity index (χ3v) is 4.05. The van der Waals surface area contributed by atoms with Gasteiger partial charge in [0.05, 0.1) is 11.1 Å². The fourth-order valence-corrected chi connectivity index (χ4v) is 2.81. The van der Waals surface area contributed by atoms with Crippen molar-refractivity contribution in [3.05, 3.63) is 54.1 Å². The number of rotatable bonds is 4. The first kappa shape index (κ1) is 15.0. The van der Waals surface area contributed by atoms with E-state index in [9.17, 15) is 9.59 Å². The van der Waals surface area contributed by atoms with Crippen molar-refractivity contribution in [3.8, 4) is 0 Å². The Balaban J connectivity index is 1.46. The number of carbonyl (C=O) groups excluding carboxylic acids is 2. The molecule has 1 aliphatic heterocycles. The van der Waals surface area contributed by atoms with Gasteiger partial charge in [-0.25, -0.2) is 15.0 Å². The van der Waals surface area contributed by atoms with Gasteiger partial charge in [0.1, 0.15) is 12.7 Å². The van der Waals surface area contributed by atoms with E-state index < -0.39 is 0 Å². The van der Waals surface area contributed by atoms with Crippen LogP contribution in [0.3, 0.4) is 0 Å². The molecule has 25 heavy (non-hydrogen) atoms. The summed E-state index contributed by atoms with van der Waals surface area (Å²) in [5, 5.41) is 0. The van der Waals surface area contributed by atoms with Crippen molar-refractivity contribution in [2.75, 3.05) is 12.3 Å². The van der Waals surface area contributed by atoms with Crippen LogP contribution < -0.4 is 5.73 Å². The van der Waals surface area contributed by atoms with Crippen molar-refractivity contribution in [1.29, 1.82) is 0 Å². The molecule has 8 nitrogen and oxygen atoms in total. The smallest absolute Gasteiger partial charge is 0.261 e. The predicted molar refractivity (Wildman–Crippen MR) is 91.5 cm³/mol. The number of hydrogen-bond donors (Lipinski definition) is 1. The van der Waals surface area contributed by atoms with E-state index in [0.717, 1.165) is 0 Å². The van der Waals surface area contributed by atoms with Gasteiger partial charge < -0.3 is 5.73 Å². The Hall–Kier alpha value is -3.55. The molecule has 8 heteroatoms. The van der Waals surface area contributed by atoms with Gasteiger partial charge in [-0.05, 0) is 18.6 Å². The van der Waals surface area contributed by atoms with Crippen molar-refractivity contribution in [2.24, 2.45) is 0 Å². The molecule has 3 heterocycles. The zero-order valence-electron chi connectivity index (χ0n) is 13.2. The number of nitrogens with two attached hydrogens (primary N) is 1. The van der Waals surface area contributed by atoms with E-state index in [1.807, 2.05) is 6.08 Å². The number of anilines is 1. The van der Waals surface area contributed by atoms with Crippen LogP contribution in [0, 0.1) is 0 Å². The van der Waals surface area contributed by atoms with E-state index in [2.05, 4.69) is 15.0 Å². The summed E-state index contributed by atoms with van der Waals surface area (Å²) in [6, 6.07) is 6.86. The molecule has 0 saturated heterocycles. The molecule has 0 spiro atoms. The van der Waals surface area contributed by atoms with Crippen LogP contribution in [0.25, 0.3) is 17.4 Å². The molecule has 2 N–H and O–H groups in total. The monoisotopic (exact) mass is 334 g/mol. The normalized spacial score (nSPS) is 14.0. The largest absolute Gasteiger partial charge is 0.382 e. The topological polar surface area (TPSA) is 107 Å². The fourth-order valence-electron chi connectivity index (χ4n) is 2.81. The maximum Gasteiger partial charge on any atom is 0.261 e. The summed E-state index contributed by atoms with van der Waals surface area (Å²) in [7, 11) is 0. The van der Waals surface area contributed by atoms with Gasteiger partial charge in [-0.1, -0.05) is 18.2 Å². The van der Waals surface area contributed by atoms with E-state index in [4.69, 9.17) is 5.73 Å². The molecule has 0 saturated carbocycles. The number of imidazole rings is 1. The zero-order chi connectivity index (χ0) is 17.4. The lowest BCUT2D eigenvalue weighted by Gasteiger charge is -2.11. The minimum atomic E-state index is -0.248. The fraction of sp³-hybridized carbons (Fsp3) is 0.118. The van der Waals surface area contributed by atoms with Crippen LogP contribution in [0.4, 0.5) is 5.82 Å². The van der Waals surface area contributed by atoms with Crippen LogP contribution in [0.15, 0.2) is 43.0 Å². The van der Waals surface area contributed by atoms with Crippen molar-refractivity contribution in [1.82, 2.24) is 24.4 Å². The first-order valence-corrected chi connectivity index (χ1v) is 7.71. The lowest BCUT2D eigenvalue weighted by atomic mass is 10.1. The van der Waals surface area contributed by atoms with Crippen LogP contribution in [0.1, 0.15) is 27.1 Å². The maximum absolute atomic E-state index is 12.3. The molecule has 3 aromatic rings. The minimum absolute atomic E-state index is 0.248. The molecule has 0 radical (unpaired) electrons. The highest BCUT2D eigenvalue weighted by molar-refractivity contribution is 6.21. The summed E-state index contributed by atoms with van der Waals surface area (Å²) in [5.41, 5.74) is 7.81. The van der Waals surface area contributed by atoms with Gasteiger partial charge >= 0.3 is 0 Å². The molecule has 0 fully saturated rings. The average molecular weight is 334 g/mol. The molecule has 1 aliphatic rings. The zero-order valence-corrected chi connectivity index (χ0v) is 13.2. The number of nitrogen functional groups attached to an aromatic ring is 1. The highest BCUT2D eigenvalue weighted by Gasteiger charge is 2.34. The van der Waals surface area contributed by atoms with Gasteiger partial charge in [-0.2, -0.15) is 0 Å². The van der Waals surface area contributed by atoms with Crippen LogP contribution in [0.2, 0.25) is 0 Å². The van der Waals surface area contributed by atoms with Gasteiger partial charge in [0.25, 0.3) is 11.8 Å². The number of nitrogens with zero attached hydrogens (tertiary/aromatic N) is 5. The molecule has 0 atom stereocenters. The molecule has 0 unspecified atom stereocenters. The van der Waals surface area contributed by atoms with E-state index in [1.165, 1.54) is 11.2 Å². The Kier molecular flexibility index (Phi) is 3.50. The third-order valence-electron chi connectivity index (χ3n) is 4.05. The number of fused-ring (bicyclic) bond motifs is 2. The van der Waals surface area contributed by atoms with Crippen molar-refractivity contribution in [2.45, 2.75) is 6.42 Å². The molecule has 2 amide bonds. The first-order chi connectivity index (χ1) is 12.2. The van der Waals surface area contributed by atoms with E-state index >= 15 is 0 Å². The average Bonchev–Trinajstić information content (AvgIpc) is 3.14. The SMILES string of the molecule is Nc1ncnc2c1ncn2C=CCCN1C(=O)c2ccccc2C1=O. The molecule has 0 bridgehead atoms. The van der Waals surface area contributed by atoms with Gasteiger partial charge in [-0.3, -0.25) is 19.1 Å². The summed E-state index contributed by atoms with van der Waals surface area (Å²) in [6.07, 6.45) is 7.12. The minimum Gasteiger partial charge on any atom is -0.382 e. The third kappa shape index (κ3) is 2.44. The van der Waals surface area contributed by atoms with Gasteiger partial charge in [0.15, 0.2) is 17.0 Å². The summed E-state index contributed by atoms with van der Waals surface area (Å²) in [6.45, 7) is 0.312.